The quantitative estimate of drug-likeness (QED) is 0.926. The van der Waals surface area contributed by atoms with Gasteiger partial charge in [-0.05, 0) is 19.4 Å². The second kappa shape index (κ2) is 5.12. The Hall–Kier alpha value is -1.32. The molecule has 0 aliphatic heterocycles. The van der Waals surface area contributed by atoms with E-state index in [-0.39, 0.29) is 0 Å². The van der Waals surface area contributed by atoms with E-state index in [4.69, 9.17) is 11.6 Å². The van der Waals surface area contributed by atoms with Crippen LogP contribution >= 0.6 is 11.6 Å². The zero-order valence-electron chi connectivity index (χ0n) is 10.8. The van der Waals surface area contributed by atoms with Crippen molar-refractivity contribution in [2.75, 3.05) is 0 Å². The van der Waals surface area contributed by atoms with Crippen LogP contribution in [0.25, 0.3) is 0 Å². The minimum atomic E-state index is -0.558. The van der Waals surface area contributed by atoms with Crippen LogP contribution in [0, 0.1) is 13.8 Å². The van der Waals surface area contributed by atoms with Crippen LogP contribution in [-0.4, -0.2) is 14.9 Å². The van der Waals surface area contributed by atoms with Gasteiger partial charge < -0.3 is 5.11 Å². The molecule has 2 aromatic rings. The number of nitrogens with zero attached hydrogens (tertiary/aromatic N) is 2. The molecule has 0 spiro atoms. The largest absolute Gasteiger partial charge is 0.388 e. The Morgan fingerprint density at radius 2 is 2.11 bits per heavy atom. The lowest BCUT2D eigenvalue weighted by atomic mass is 10.0. The van der Waals surface area contributed by atoms with Gasteiger partial charge in [0.1, 0.15) is 0 Å². The third-order valence-electron chi connectivity index (χ3n) is 3.08. The lowest BCUT2D eigenvalue weighted by Crippen LogP contribution is -2.07. The predicted molar refractivity (Wildman–Crippen MR) is 72.8 cm³/mol. The van der Waals surface area contributed by atoms with Gasteiger partial charge in [0.05, 0.1) is 22.5 Å². The van der Waals surface area contributed by atoms with Crippen molar-refractivity contribution in [3.8, 4) is 0 Å². The summed E-state index contributed by atoms with van der Waals surface area (Å²) in [6.07, 6.45) is -0.0863. The van der Waals surface area contributed by atoms with Gasteiger partial charge in [-0.1, -0.05) is 41.4 Å². The molecule has 2 rings (SSSR count). The number of hydrogen-bond acceptors (Lipinski definition) is 2. The number of aliphatic hydroxyl groups is 1. The highest BCUT2D eigenvalue weighted by atomic mass is 35.5. The number of rotatable bonds is 3. The van der Waals surface area contributed by atoms with Crippen LogP contribution in [0.5, 0.6) is 0 Å². The van der Waals surface area contributed by atoms with E-state index >= 15 is 0 Å². The first-order chi connectivity index (χ1) is 8.49. The predicted octanol–water partition coefficient (Wildman–Crippen LogP) is 2.97. The Labute approximate surface area is 112 Å². The molecule has 1 aromatic carbocycles. The van der Waals surface area contributed by atoms with E-state index in [0.717, 1.165) is 22.5 Å². The van der Waals surface area contributed by atoms with Gasteiger partial charge >= 0.3 is 0 Å². The second-order valence-corrected chi connectivity index (χ2v) is 4.98. The number of aryl methyl sites for hydroxylation is 3. The van der Waals surface area contributed by atoms with Crippen LogP contribution in [0.2, 0.25) is 5.02 Å². The topological polar surface area (TPSA) is 38.1 Å². The Bertz CT molecular complexity index is 563. The third-order valence-corrected chi connectivity index (χ3v) is 3.57. The Morgan fingerprint density at radius 1 is 1.39 bits per heavy atom. The molecule has 0 aliphatic carbocycles. The van der Waals surface area contributed by atoms with E-state index in [2.05, 4.69) is 5.10 Å². The maximum atomic E-state index is 10.3. The van der Waals surface area contributed by atoms with E-state index in [1.54, 1.807) is 4.68 Å². The van der Waals surface area contributed by atoms with Crippen LogP contribution in [0.3, 0.4) is 0 Å². The van der Waals surface area contributed by atoms with Crippen molar-refractivity contribution in [1.29, 1.82) is 0 Å². The van der Waals surface area contributed by atoms with Gasteiger partial charge in [-0.3, -0.25) is 4.68 Å². The molecular weight excluding hydrogens is 248 g/mol. The summed E-state index contributed by atoms with van der Waals surface area (Å²) in [5.74, 6) is 0. The molecule has 1 atom stereocenters. The zero-order chi connectivity index (χ0) is 13.3. The molecule has 0 aliphatic rings. The molecule has 0 saturated heterocycles. The minimum absolute atomic E-state index is 0.472. The van der Waals surface area contributed by atoms with Crippen molar-refractivity contribution < 1.29 is 5.11 Å². The van der Waals surface area contributed by atoms with Gasteiger partial charge in [-0.15, -0.1) is 0 Å². The standard InChI is InChI=1S/C14H17ClN2O/c1-9-5-4-6-11(7-9)13(18)8-12-14(15)10(2)16-17(12)3/h4-7,13,18H,8H2,1-3H3. The molecule has 0 saturated carbocycles. The van der Waals surface area contributed by atoms with Gasteiger partial charge in [0.2, 0.25) is 0 Å². The molecule has 3 nitrogen and oxygen atoms in total. The Morgan fingerprint density at radius 3 is 2.67 bits per heavy atom. The second-order valence-electron chi connectivity index (χ2n) is 4.60. The van der Waals surface area contributed by atoms with E-state index in [1.165, 1.54) is 0 Å². The Balaban J connectivity index is 2.24. The van der Waals surface area contributed by atoms with Crippen LogP contribution in [0.4, 0.5) is 0 Å². The molecule has 96 valence electrons. The molecule has 0 bridgehead atoms. The molecule has 4 heteroatoms. The summed E-state index contributed by atoms with van der Waals surface area (Å²) in [5, 5.41) is 15.1. The molecule has 18 heavy (non-hydrogen) atoms. The smallest absolute Gasteiger partial charge is 0.0848 e. The third kappa shape index (κ3) is 2.57. The molecule has 0 fully saturated rings. The van der Waals surface area contributed by atoms with Crippen molar-refractivity contribution in [3.05, 3.63) is 51.8 Å². The maximum absolute atomic E-state index is 10.3. The number of aromatic nitrogens is 2. The van der Waals surface area contributed by atoms with Crippen LogP contribution in [-0.2, 0) is 13.5 Å². The normalized spacial score (nSPS) is 12.7. The maximum Gasteiger partial charge on any atom is 0.0848 e. The lowest BCUT2D eigenvalue weighted by Gasteiger charge is -2.12. The highest BCUT2D eigenvalue weighted by Gasteiger charge is 2.16. The van der Waals surface area contributed by atoms with Crippen molar-refractivity contribution in [1.82, 2.24) is 9.78 Å². The minimum Gasteiger partial charge on any atom is -0.388 e. The lowest BCUT2D eigenvalue weighted by molar-refractivity contribution is 0.176. The van der Waals surface area contributed by atoms with E-state index in [1.807, 2.05) is 45.2 Å². The van der Waals surface area contributed by atoms with Crippen molar-refractivity contribution in [3.63, 3.8) is 0 Å². The molecule has 1 unspecified atom stereocenters. The highest BCUT2D eigenvalue weighted by Crippen LogP contribution is 2.25. The van der Waals surface area contributed by atoms with Gasteiger partial charge in [0.15, 0.2) is 0 Å². The van der Waals surface area contributed by atoms with Crippen LogP contribution in [0.15, 0.2) is 24.3 Å². The fourth-order valence-electron chi connectivity index (χ4n) is 2.08. The van der Waals surface area contributed by atoms with Gasteiger partial charge in [0, 0.05) is 13.5 Å². The Kier molecular flexibility index (Phi) is 3.73. The van der Waals surface area contributed by atoms with Crippen molar-refractivity contribution in [2.45, 2.75) is 26.4 Å². The first-order valence-electron chi connectivity index (χ1n) is 5.91. The zero-order valence-corrected chi connectivity index (χ0v) is 11.6. The molecule has 1 heterocycles. The van der Waals surface area contributed by atoms with Crippen molar-refractivity contribution >= 4 is 11.6 Å². The average Bonchev–Trinajstić information content (AvgIpc) is 2.56. The van der Waals surface area contributed by atoms with Crippen molar-refractivity contribution in [2.24, 2.45) is 7.05 Å². The van der Waals surface area contributed by atoms with E-state index in [9.17, 15) is 5.11 Å². The monoisotopic (exact) mass is 264 g/mol. The van der Waals surface area contributed by atoms with E-state index in [0.29, 0.717) is 11.4 Å². The summed E-state index contributed by atoms with van der Waals surface area (Å²) in [6, 6.07) is 7.87. The molecular formula is C14H17ClN2O. The van der Waals surface area contributed by atoms with Crippen LogP contribution in [0.1, 0.15) is 28.6 Å². The number of halogens is 1. The fraction of sp³-hybridized carbons (Fsp3) is 0.357. The first-order valence-corrected chi connectivity index (χ1v) is 6.29. The highest BCUT2D eigenvalue weighted by molar-refractivity contribution is 6.31. The summed E-state index contributed by atoms with van der Waals surface area (Å²) >= 11 is 6.18. The summed E-state index contributed by atoms with van der Waals surface area (Å²) < 4.78 is 1.73. The first kappa shape index (κ1) is 13.1. The molecule has 0 amide bonds. The van der Waals surface area contributed by atoms with Gasteiger partial charge in [-0.25, -0.2) is 0 Å². The average molecular weight is 265 g/mol. The van der Waals surface area contributed by atoms with Gasteiger partial charge in [-0.2, -0.15) is 5.10 Å². The van der Waals surface area contributed by atoms with E-state index < -0.39 is 6.10 Å². The van der Waals surface area contributed by atoms with Gasteiger partial charge in [0.25, 0.3) is 0 Å². The number of hydrogen-bond donors (Lipinski definition) is 1. The summed E-state index contributed by atoms with van der Waals surface area (Å²) in [7, 11) is 1.84. The summed E-state index contributed by atoms with van der Waals surface area (Å²) in [6.45, 7) is 3.88. The molecule has 0 radical (unpaired) electrons. The fourth-order valence-corrected chi connectivity index (χ4v) is 2.32. The number of benzene rings is 1. The van der Waals surface area contributed by atoms with Crippen LogP contribution < -0.4 is 0 Å². The summed E-state index contributed by atoms with van der Waals surface area (Å²) in [5.41, 5.74) is 3.71. The molecule has 1 N–H and O–H groups in total. The number of aliphatic hydroxyl groups excluding tert-OH is 1. The summed E-state index contributed by atoms with van der Waals surface area (Å²) in [4.78, 5) is 0. The molecule has 1 aromatic heterocycles. The SMILES string of the molecule is Cc1cccc(C(O)Cc2c(Cl)c(C)nn2C)c1.